The van der Waals surface area contributed by atoms with Gasteiger partial charge in [-0.15, -0.1) is 0 Å². The van der Waals surface area contributed by atoms with E-state index in [1.165, 1.54) is 0 Å². The van der Waals surface area contributed by atoms with Gasteiger partial charge >= 0.3 is 6.03 Å². The molecule has 2 amide bonds. The van der Waals surface area contributed by atoms with Crippen molar-refractivity contribution in [1.82, 2.24) is 10.6 Å². The zero-order valence-corrected chi connectivity index (χ0v) is 12.9. The maximum Gasteiger partial charge on any atom is 0.315 e. The van der Waals surface area contributed by atoms with Gasteiger partial charge in [0.15, 0.2) is 0 Å². The van der Waals surface area contributed by atoms with Crippen LogP contribution in [0.4, 0.5) is 4.79 Å². The highest BCUT2D eigenvalue weighted by Crippen LogP contribution is 2.19. The van der Waals surface area contributed by atoms with Crippen molar-refractivity contribution in [2.45, 2.75) is 25.4 Å². The smallest absolute Gasteiger partial charge is 0.315 e. The van der Waals surface area contributed by atoms with Crippen LogP contribution in [0.5, 0.6) is 0 Å². The fraction of sp³-hybridized carbons (Fsp3) is 0.400. The molecule has 20 heavy (non-hydrogen) atoms. The summed E-state index contributed by atoms with van der Waals surface area (Å²) in [5.41, 5.74) is 1.05. The zero-order valence-electron chi connectivity index (χ0n) is 11.3. The number of carbonyl (C=O) groups is 1. The summed E-state index contributed by atoms with van der Waals surface area (Å²) in [6.45, 7) is 2.08. The maximum absolute atomic E-state index is 11.9. The van der Waals surface area contributed by atoms with Gasteiger partial charge in [0.25, 0.3) is 0 Å². The van der Waals surface area contributed by atoms with Crippen LogP contribution in [0.25, 0.3) is 0 Å². The molecule has 0 saturated heterocycles. The van der Waals surface area contributed by atoms with Crippen molar-refractivity contribution in [1.29, 1.82) is 0 Å². The van der Waals surface area contributed by atoms with Gasteiger partial charge in [0.1, 0.15) is 0 Å². The van der Waals surface area contributed by atoms with Gasteiger partial charge in [-0.2, -0.15) is 0 Å². The largest absolute Gasteiger partial charge is 0.396 e. The Morgan fingerprint density at radius 3 is 2.95 bits per heavy atom. The first-order chi connectivity index (χ1) is 9.58. The van der Waals surface area contributed by atoms with Crippen molar-refractivity contribution in [2.75, 3.05) is 6.61 Å². The third kappa shape index (κ3) is 4.08. The van der Waals surface area contributed by atoms with Crippen molar-refractivity contribution >= 4 is 22.0 Å². The Kier molecular flexibility index (Phi) is 5.20. The lowest BCUT2D eigenvalue weighted by Crippen LogP contribution is -2.41. The van der Waals surface area contributed by atoms with Crippen LogP contribution in [0.15, 0.2) is 40.9 Å². The number of amides is 2. The molecule has 0 radical (unpaired) electrons. The van der Waals surface area contributed by atoms with E-state index in [9.17, 15) is 4.79 Å². The van der Waals surface area contributed by atoms with Crippen LogP contribution in [0.3, 0.4) is 0 Å². The maximum atomic E-state index is 11.9. The van der Waals surface area contributed by atoms with Crippen molar-refractivity contribution in [3.8, 4) is 0 Å². The van der Waals surface area contributed by atoms with Gasteiger partial charge in [0.2, 0.25) is 0 Å². The fourth-order valence-corrected chi connectivity index (χ4v) is 2.70. The number of carbonyl (C=O) groups excluding carboxylic acids is 1. The van der Waals surface area contributed by atoms with Crippen molar-refractivity contribution in [3.63, 3.8) is 0 Å². The fourth-order valence-electron chi connectivity index (χ4n) is 2.28. The highest BCUT2D eigenvalue weighted by atomic mass is 79.9. The Morgan fingerprint density at radius 2 is 2.30 bits per heavy atom. The molecule has 0 fully saturated rings. The summed E-state index contributed by atoms with van der Waals surface area (Å²) in [5, 5.41) is 14.9. The second kappa shape index (κ2) is 6.90. The molecule has 1 aromatic rings. The molecule has 3 atom stereocenters. The van der Waals surface area contributed by atoms with E-state index in [1.54, 1.807) is 0 Å². The van der Waals surface area contributed by atoms with Gasteiger partial charge in [0.05, 0.1) is 6.04 Å². The number of benzene rings is 1. The number of hydrogen-bond acceptors (Lipinski definition) is 2. The number of aliphatic hydroxyl groups is 1. The molecule has 0 spiro atoms. The minimum absolute atomic E-state index is 0.00172. The number of aliphatic hydroxyl groups excluding tert-OH is 1. The predicted molar refractivity (Wildman–Crippen MR) is 82.3 cm³/mol. The van der Waals surface area contributed by atoms with Crippen LogP contribution < -0.4 is 10.6 Å². The molecule has 5 heteroatoms. The highest BCUT2D eigenvalue weighted by molar-refractivity contribution is 9.10. The lowest BCUT2D eigenvalue weighted by Gasteiger charge is -2.18. The van der Waals surface area contributed by atoms with E-state index >= 15 is 0 Å². The number of hydrogen-bond donors (Lipinski definition) is 3. The molecule has 0 saturated carbocycles. The Bertz CT molecular complexity index is 504. The van der Waals surface area contributed by atoms with E-state index in [-0.39, 0.29) is 30.6 Å². The minimum Gasteiger partial charge on any atom is -0.396 e. The predicted octanol–water partition coefficient (Wildman–Crippen LogP) is 2.75. The SMILES string of the molecule is CC(NC(=O)N[C@@H]1C=C[C@H](CO)C1)c1cccc(Br)c1. The molecule has 0 heterocycles. The van der Waals surface area contributed by atoms with Crippen molar-refractivity contribution in [3.05, 3.63) is 46.5 Å². The Hall–Kier alpha value is -1.33. The molecule has 1 unspecified atom stereocenters. The quantitative estimate of drug-likeness (QED) is 0.739. The van der Waals surface area contributed by atoms with Gasteiger partial charge in [-0.25, -0.2) is 4.79 Å². The van der Waals surface area contributed by atoms with E-state index in [2.05, 4.69) is 26.6 Å². The van der Waals surface area contributed by atoms with E-state index in [0.29, 0.717) is 0 Å². The summed E-state index contributed by atoms with van der Waals surface area (Å²) in [7, 11) is 0. The molecule has 108 valence electrons. The highest BCUT2D eigenvalue weighted by Gasteiger charge is 2.20. The molecule has 4 nitrogen and oxygen atoms in total. The Morgan fingerprint density at radius 1 is 1.50 bits per heavy atom. The summed E-state index contributed by atoms with van der Waals surface area (Å²) in [6, 6.07) is 7.62. The Balaban J connectivity index is 1.84. The van der Waals surface area contributed by atoms with Crippen LogP contribution >= 0.6 is 15.9 Å². The van der Waals surface area contributed by atoms with Crippen LogP contribution in [0, 0.1) is 5.92 Å². The summed E-state index contributed by atoms with van der Waals surface area (Å²) < 4.78 is 0.994. The summed E-state index contributed by atoms with van der Waals surface area (Å²) >= 11 is 3.42. The van der Waals surface area contributed by atoms with Gasteiger partial charge in [-0.3, -0.25) is 0 Å². The first kappa shape index (κ1) is 15.1. The summed E-state index contributed by atoms with van der Waals surface area (Å²) in [6.07, 6.45) is 4.64. The second-order valence-electron chi connectivity index (χ2n) is 5.06. The number of nitrogens with one attached hydrogen (secondary N) is 2. The first-order valence-electron chi connectivity index (χ1n) is 6.70. The van der Waals surface area contributed by atoms with Crippen molar-refractivity contribution in [2.24, 2.45) is 5.92 Å². The van der Waals surface area contributed by atoms with Gasteiger partial charge in [0, 0.05) is 23.0 Å². The van der Waals surface area contributed by atoms with E-state index in [1.807, 2.05) is 43.3 Å². The standard InChI is InChI=1S/C15H19BrN2O2/c1-10(12-3-2-4-13(16)8-12)17-15(20)18-14-6-5-11(7-14)9-19/h2-6,8,10-11,14,19H,7,9H2,1H3,(H2,17,18,20)/t10?,11-,14+/m0/s1. The van der Waals surface area contributed by atoms with E-state index < -0.39 is 0 Å². The average Bonchev–Trinajstić information content (AvgIpc) is 2.86. The molecule has 2 rings (SSSR count). The molecular weight excluding hydrogens is 320 g/mol. The molecular formula is C15H19BrN2O2. The average molecular weight is 339 g/mol. The summed E-state index contributed by atoms with van der Waals surface area (Å²) in [4.78, 5) is 11.9. The van der Waals surface area contributed by atoms with E-state index in [0.717, 1.165) is 16.5 Å². The minimum atomic E-state index is -0.189. The molecule has 0 bridgehead atoms. The lowest BCUT2D eigenvalue weighted by molar-refractivity contribution is 0.229. The summed E-state index contributed by atoms with van der Waals surface area (Å²) in [5.74, 6) is 0.155. The Labute approximate surface area is 127 Å². The van der Waals surface area contributed by atoms with Crippen LogP contribution in [-0.4, -0.2) is 23.8 Å². The molecule has 0 aliphatic heterocycles. The van der Waals surface area contributed by atoms with Gasteiger partial charge in [-0.05, 0) is 31.0 Å². The number of urea groups is 1. The van der Waals surface area contributed by atoms with Crippen LogP contribution in [-0.2, 0) is 0 Å². The third-order valence-corrected chi connectivity index (χ3v) is 3.91. The van der Waals surface area contributed by atoms with Crippen LogP contribution in [0.2, 0.25) is 0 Å². The monoisotopic (exact) mass is 338 g/mol. The molecule has 0 aromatic heterocycles. The molecule has 1 aliphatic carbocycles. The molecule has 3 N–H and O–H groups in total. The molecule has 1 aromatic carbocycles. The van der Waals surface area contributed by atoms with Gasteiger partial charge in [-0.1, -0.05) is 40.2 Å². The van der Waals surface area contributed by atoms with Gasteiger partial charge < -0.3 is 15.7 Å². The molecule has 1 aliphatic rings. The van der Waals surface area contributed by atoms with Crippen LogP contribution in [0.1, 0.15) is 24.9 Å². The van der Waals surface area contributed by atoms with E-state index in [4.69, 9.17) is 5.11 Å². The lowest BCUT2D eigenvalue weighted by atomic mass is 10.1. The topological polar surface area (TPSA) is 61.4 Å². The number of halogens is 1. The first-order valence-corrected chi connectivity index (χ1v) is 7.49. The third-order valence-electron chi connectivity index (χ3n) is 3.42. The van der Waals surface area contributed by atoms with Crippen molar-refractivity contribution < 1.29 is 9.90 Å². The second-order valence-corrected chi connectivity index (χ2v) is 5.98. The zero-order chi connectivity index (χ0) is 14.5. The normalized spacial score (nSPS) is 22.6. The number of rotatable bonds is 4.